The maximum Gasteiger partial charge on any atom is 0.491 e. The Hall–Kier alpha value is -0.0251. The van der Waals surface area contributed by atoms with E-state index in [2.05, 4.69) is 39.9 Å². The van der Waals surface area contributed by atoms with Crippen molar-refractivity contribution in [2.24, 2.45) is 0 Å². The average Bonchev–Trinajstić information content (AvgIpc) is 2.36. The molecule has 1 N–H and O–H groups in total. The number of hydrogen-bond acceptors (Lipinski definition) is 3. The molecule has 0 amide bonds. The van der Waals surface area contributed by atoms with Crippen molar-refractivity contribution >= 4 is 19.5 Å². The molecule has 3 nitrogen and oxygen atoms in total. The van der Waals surface area contributed by atoms with Gasteiger partial charge in [-0.3, -0.25) is 0 Å². The van der Waals surface area contributed by atoms with Crippen molar-refractivity contribution in [3.63, 3.8) is 0 Å². The standard InChI is InChI=1S/C12H22BNO2.ClH/c1-9-6-7-14-8-10(9)13-15-11(2,3)12(4,5)16-13;/h14H,6-8H2,1-5H3;1H. The third-order valence-electron chi connectivity index (χ3n) is 4.08. The minimum absolute atomic E-state index is 0. The summed E-state index contributed by atoms with van der Waals surface area (Å²) >= 11 is 0. The molecule has 2 aliphatic heterocycles. The van der Waals surface area contributed by atoms with Gasteiger partial charge in [0.1, 0.15) is 0 Å². The van der Waals surface area contributed by atoms with Crippen molar-refractivity contribution in [3.8, 4) is 0 Å². The lowest BCUT2D eigenvalue weighted by molar-refractivity contribution is 0.00578. The van der Waals surface area contributed by atoms with Crippen LogP contribution in [-0.4, -0.2) is 31.4 Å². The van der Waals surface area contributed by atoms with Crippen molar-refractivity contribution < 1.29 is 9.31 Å². The van der Waals surface area contributed by atoms with Crippen molar-refractivity contribution in [3.05, 3.63) is 11.0 Å². The highest BCUT2D eigenvalue weighted by molar-refractivity contribution is 6.55. The first-order valence-corrected chi connectivity index (χ1v) is 6.08. The summed E-state index contributed by atoms with van der Waals surface area (Å²) in [6, 6.07) is 0. The van der Waals surface area contributed by atoms with E-state index in [4.69, 9.17) is 9.31 Å². The monoisotopic (exact) mass is 259 g/mol. The van der Waals surface area contributed by atoms with Gasteiger partial charge in [0, 0.05) is 6.54 Å². The van der Waals surface area contributed by atoms with Crippen LogP contribution in [0.25, 0.3) is 0 Å². The van der Waals surface area contributed by atoms with E-state index in [-0.39, 0.29) is 30.7 Å². The van der Waals surface area contributed by atoms with Gasteiger partial charge < -0.3 is 14.6 Å². The first-order chi connectivity index (χ1) is 7.33. The Morgan fingerprint density at radius 1 is 1.12 bits per heavy atom. The van der Waals surface area contributed by atoms with Gasteiger partial charge >= 0.3 is 7.12 Å². The molecular formula is C12H23BClNO2. The molecule has 0 aromatic carbocycles. The summed E-state index contributed by atoms with van der Waals surface area (Å²) < 4.78 is 12.1. The first-order valence-electron chi connectivity index (χ1n) is 6.08. The van der Waals surface area contributed by atoms with Crippen LogP contribution in [0.2, 0.25) is 0 Å². The Kier molecular flexibility index (Phi) is 4.35. The van der Waals surface area contributed by atoms with E-state index in [1.807, 2.05) is 0 Å². The summed E-state index contributed by atoms with van der Waals surface area (Å²) in [5, 5.41) is 3.38. The second kappa shape index (κ2) is 4.92. The zero-order chi connectivity index (χ0) is 12.0. The highest BCUT2D eigenvalue weighted by atomic mass is 35.5. The maximum atomic E-state index is 6.05. The number of nitrogens with one attached hydrogen (secondary N) is 1. The molecule has 2 heterocycles. The molecule has 17 heavy (non-hydrogen) atoms. The molecule has 0 radical (unpaired) electrons. The van der Waals surface area contributed by atoms with Crippen molar-refractivity contribution in [2.75, 3.05) is 13.1 Å². The summed E-state index contributed by atoms with van der Waals surface area (Å²) in [5.41, 5.74) is 2.23. The molecule has 0 saturated carbocycles. The van der Waals surface area contributed by atoms with Gasteiger partial charge in [-0.05, 0) is 53.1 Å². The van der Waals surface area contributed by atoms with Crippen LogP contribution in [0.15, 0.2) is 11.0 Å². The maximum absolute atomic E-state index is 6.05. The lowest BCUT2D eigenvalue weighted by Crippen LogP contribution is -2.41. The van der Waals surface area contributed by atoms with E-state index >= 15 is 0 Å². The van der Waals surface area contributed by atoms with Crippen LogP contribution in [0.4, 0.5) is 0 Å². The molecule has 0 unspecified atom stereocenters. The van der Waals surface area contributed by atoms with Gasteiger partial charge in [-0.2, -0.15) is 0 Å². The second-order valence-corrected chi connectivity index (χ2v) is 5.82. The fourth-order valence-corrected chi connectivity index (χ4v) is 2.08. The van der Waals surface area contributed by atoms with E-state index in [0.29, 0.717) is 0 Å². The predicted molar refractivity (Wildman–Crippen MR) is 73.5 cm³/mol. The molecule has 1 fully saturated rings. The summed E-state index contributed by atoms with van der Waals surface area (Å²) in [4.78, 5) is 0. The smallest absolute Gasteiger partial charge is 0.400 e. The number of hydrogen-bond donors (Lipinski definition) is 1. The van der Waals surface area contributed by atoms with Crippen LogP contribution in [0.3, 0.4) is 0 Å². The Labute approximate surface area is 111 Å². The third-order valence-corrected chi connectivity index (χ3v) is 4.08. The normalized spacial score (nSPS) is 27.0. The van der Waals surface area contributed by atoms with Gasteiger partial charge in [0.25, 0.3) is 0 Å². The molecule has 1 saturated heterocycles. The molecule has 2 rings (SSSR count). The zero-order valence-electron chi connectivity index (χ0n) is 11.4. The molecule has 0 bridgehead atoms. The third kappa shape index (κ3) is 2.70. The molecule has 0 atom stereocenters. The largest absolute Gasteiger partial charge is 0.491 e. The molecule has 0 aromatic heterocycles. The van der Waals surface area contributed by atoms with Gasteiger partial charge in [0.15, 0.2) is 0 Å². The Balaban J connectivity index is 0.00000144. The SMILES string of the molecule is CC1=C(B2OC(C)(C)C(C)(C)O2)CNCC1.Cl. The highest BCUT2D eigenvalue weighted by Gasteiger charge is 2.52. The van der Waals surface area contributed by atoms with Crippen LogP contribution in [-0.2, 0) is 9.31 Å². The lowest BCUT2D eigenvalue weighted by Gasteiger charge is -2.32. The molecule has 5 heteroatoms. The van der Waals surface area contributed by atoms with E-state index in [1.54, 1.807) is 0 Å². The van der Waals surface area contributed by atoms with Crippen LogP contribution in [0, 0.1) is 0 Å². The number of rotatable bonds is 1. The Morgan fingerprint density at radius 3 is 2.12 bits per heavy atom. The lowest BCUT2D eigenvalue weighted by atomic mass is 9.73. The Morgan fingerprint density at radius 2 is 1.65 bits per heavy atom. The second-order valence-electron chi connectivity index (χ2n) is 5.82. The van der Waals surface area contributed by atoms with E-state index < -0.39 is 0 Å². The minimum atomic E-state index is -0.234. The fraction of sp³-hybridized carbons (Fsp3) is 0.833. The highest BCUT2D eigenvalue weighted by Crippen LogP contribution is 2.39. The molecule has 0 aromatic rings. The quantitative estimate of drug-likeness (QED) is 0.733. The summed E-state index contributed by atoms with van der Waals surface area (Å²) in [6.07, 6.45) is 1.10. The molecule has 0 spiro atoms. The van der Waals surface area contributed by atoms with E-state index in [1.165, 1.54) is 11.0 Å². The fourth-order valence-electron chi connectivity index (χ4n) is 2.08. The van der Waals surface area contributed by atoms with Crippen LogP contribution in [0.1, 0.15) is 41.0 Å². The molecule has 0 aliphatic carbocycles. The zero-order valence-corrected chi connectivity index (χ0v) is 12.2. The van der Waals surface area contributed by atoms with Crippen molar-refractivity contribution in [2.45, 2.75) is 52.2 Å². The average molecular weight is 260 g/mol. The van der Waals surface area contributed by atoms with Gasteiger partial charge in [-0.25, -0.2) is 0 Å². The first kappa shape index (κ1) is 15.0. The Bertz CT molecular complexity index is 312. The topological polar surface area (TPSA) is 30.5 Å². The van der Waals surface area contributed by atoms with E-state index in [9.17, 15) is 0 Å². The minimum Gasteiger partial charge on any atom is -0.400 e. The summed E-state index contributed by atoms with van der Waals surface area (Å²) in [5.74, 6) is 0. The van der Waals surface area contributed by atoms with Crippen molar-refractivity contribution in [1.82, 2.24) is 5.32 Å². The van der Waals surface area contributed by atoms with Crippen LogP contribution in [0.5, 0.6) is 0 Å². The molecule has 98 valence electrons. The van der Waals surface area contributed by atoms with Crippen LogP contribution >= 0.6 is 12.4 Å². The van der Waals surface area contributed by atoms with Gasteiger partial charge in [-0.15, -0.1) is 12.4 Å². The van der Waals surface area contributed by atoms with Gasteiger partial charge in [-0.1, -0.05) is 5.57 Å². The molecule has 2 aliphatic rings. The predicted octanol–water partition coefficient (Wildman–Crippen LogP) is 2.35. The summed E-state index contributed by atoms with van der Waals surface area (Å²) in [7, 11) is -0.169. The number of halogens is 1. The van der Waals surface area contributed by atoms with Gasteiger partial charge in [0.05, 0.1) is 11.2 Å². The van der Waals surface area contributed by atoms with Gasteiger partial charge in [0.2, 0.25) is 0 Å². The van der Waals surface area contributed by atoms with Crippen molar-refractivity contribution in [1.29, 1.82) is 0 Å². The molecular weight excluding hydrogens is 236 g/mol. The van der Waals surface area contributed by atoms with Crippen LogP contribution < -0.4 is 5.32 Å². The van der Waals surface area contributed by atoms with E-state index in [0.717, 1.165) is 19.5 Å². The summed E-state index contributed by atoms with van der Waals surface area (Å²) in [6.45, 7) is 12.5.